The highest BCUT2D eigenvalue weighted by Gasteiger charge is 2.04. The monoisotopic (exact) mass is 281 g/mol. The molecule has 0 bridgehead atoms. The summed E-state index contributed by atoms with van der Waals surface area (Å²) < 4.78 is 0. The van der Waals surface area contributed by atoms with Crippen LogP contribution in [0.3, 0.4) is 0 Å². The SMILES string of the molecule is CCc1cccc(C)c1NCc1ccc(CC(C)C)cc1. The van der Waals surface area contributed by atoms with Gasteiger partial charge in [-0.05, 0) is 47.9 Å². The molecule has 0 amide bonds. The van der Waals surface area contributed by atoms with E-state index in [-0.39, 0.29) is 0 Å². The zero-order valence-corrected chi connectivity index (χ0v) is 13.7. The van der Waals surface area contributed by atoms with Crippen LogP contribution < -0.4 is 5.32 Å². The quantitative estimate of drug-likeness (QED) is 0.750. The smallest absolute Gasteiger partial charge is 0.0404 e. The van der Waals surface area contributed by atoms with Crippen LogP contribution in [0.15, 0.2) is 42.5 Å². The summed E-state index contributed by atoms with van der Waals surface area (Å²) >= 11 is 0. The molecule has 0 saturated heterocycles. The van der Waals surface area contributed by atoms with Crippen LogP contribution in [-0.2, 0) is 19.4 Å². The number of para-hydroxylation sites is 1. The molecule has 2 aromatic carbocycles. The van der Waals surface area contributed by atoms with Gasteiger partial charge in [0.05, 0.1) is 0 Å². The Balaban J connectivity index is 2.03. The minimum Gasteiger partial charge on any atom is -0.381 e. The van der Waals surface area contributed by atoms with E-state index in [1.165, 1.54) is 27.9 Å². The molecule has 21 heavy (non-hydrogen) atoms. The highest BCUT2D eigenvalue weighted by atomic mass is 14.9. The molecular weight excluding hydrogens is 254 g/mol. The molecule has 0 unspecified atom stereocenters. The molecular formula is C20H27N. The summed E-state index contributed by atoms with van der Waals surface area (Å²) in [5, 5.41) is 3.61. The number of rotatable bonds is 6. The van der Waals surface area contributed by atoms with Gasteiger partial charge in [0.2, 0.25) is 0 Å². The first-order chi connectivity index (χ1) is 10.1. The zero-order valence-electron chi connectivity index (χ0n) is 13.7. The lowest BCUT2D eigenvalue weighted by Crippen LogP contribution is -2.04. The number of anilines is 1. The molecule has 0 atom stereocenters. The minimum absolute atomic E-state index is 0.716. The number of aryl methyl sites for hydroxylation is 2. The van der Waals surface area contributed by atoms with E-state index in [9.17, 15) is 0 Å². The van der Waals surface area contributed by atoms with E-state index in [1.807, 2.05) is 0 Å². The number of benzene rings is 2. The maximum atomic E-state index is 3.61. The van der Waals surface area contributed by atoms with Gasteiger partial charge in [-0.15, -0.1) is 0 Å². The molecule has 1 N–H and O–H groups in total. The van der Waals surface area contributed by atoms with Gasteiger partial charge in [-0.3, -0.25) is 0 Å². The molecule has 0 aromatic heterocycles. The average Bonchev–Trinajstić information content (AvgIpc) is 2.46. The fourth-order valence-electron chi connectivity index (χ4n) is 2.73. The normalized spacial score (nSPS) is 10.9. The number of nitrogens with one attached hydrogen (secondary N) is 1. The van der Waals surface area contributed by atoms with E-state index in [4.69, 9.17) is 0 Å². The Morgan fingerprint density at radius 1 is 0.952 bits per heavy atom. The van der Waals surface area contributed by atoms with Crippen molar-refractivity contribution >= 4 is 5.69 Å². The summed E-state index contributed by atoms with van der Waals surface area (Å²) in [4.78, 5) is 0. The van der Waals surface area contributed by atoms with E-state index in [0.717, 1.165) is 19.4 Å². The summed E-state index contributed by atoms with van der Waals surface area (Å²) in [6.07, 6.45) is 2.23. The van der Waals surface area contributed by atoms with Crippen molar-refractivity contribution in [1.29, 1.82) is 0 Å². The van der Waals surface area contributed by atoms with Crippen molar-refractivity contribution in [1.82, 2.24) is 0 Å². The molecule has 1 heteroatoms. The Morgan fingerprint density at radius 2 is 1.62 bits per heavy atom. The van der Waals surface area contributed by atoms with Crippen molar-refractivity contribution < 1.29 is 0 Å². The first-order valence-electron chi connectivity index (χ1n) is 8.00. The minimum atomic E-state index is 0.716. The molecule has 112 valence electrons. The molecule has 1 nitrogen and oxygen atoms in total. The van der Waals surface area contributed by atoms with Crippen molar-refractivity contribution in [2.24, 2.45) is 5.92 Å². The van der Waals surface area contributed by atoms with E-state index in [0.29, 0.717) is 5.92 Å². The summed E-state index contributed by atoms with van der Waals surface area (Å²) in [5.74, 6) is 0.716. The molecule has 0 heterocycles. The standard InChI is InChI=1S/C20H27N/c1-5-19-8-6-7-16(4)20(19)21-14-18-11-9-17(10-12-18)13-15(2)3/h6-12,15,21H,5,13-14H2,1-4H3. The van der Waals surface area contributed by atoms with Crippen LogP contribution in [0.4, 0.5) is 5.69 Å². The van der Waals surface area contributed by atoms with Gasteiger partial charge in [0.1, 0.15) is 0 Å². The fraction of sp³-hybridized carbons (Fsp3) is 0.400. The van der Waals surface area contributed by atoms with Gasteiger partial charge in [-0.1, -0.05) is 63.2 Å². The summed E-state index contributed by atoms with van der Waals surface area (Å²) in [7, 11) is 0. The lowest BCUT2D eigenvalue weighted by Gasteiger charge is -2.14. The third-order valence-corrected chi connectivity index (χ3v) is 3.88. The average molecular weight is 281 g/mol. The van der Waals surface area contributed by atoms with Crippen molar-refractivity contribution in [3.05, 3.63) is 64.7 Å². The number of hydrogen-bond donors (Lipinski definition) is 1. The topological polar surface area (TPSA) is 12.0 Å². The maximum Gasteiger partial charge on any atom is 0.0404 e. The van der Waals surface area contributed by atoms with Crippen LogP contribution >= 0.6 is 0 Å². The van der Waals surface area contributed by atoms with Gasteiger partial charge in [0.15, 0.2) is 0 Å². The second-order valence-electron chi connectivity index (χ2n) is 6.23. The fourth-order valence-corrected chi connectivity index (χ4v) is 2.73. The molecule has 0 aliphatic heterocycles. The van der Waals surface area contributed by atoms with Crippen LogP contribution in [0.1, 0.15) is 43.0 Å². The van der Waals surface area contributed by atoms with E-state index in [1.54, 1.807) is 0 Å². The largest absolute Gasteiger partial charge is 0.381 e. The van der Waals surface area contributed by atoms with E-state index in [2.05, 4.69) is 75.5 Å². The molecule has 0 aliphatic rings. The lowest BCUT2D eigenvalue weighted by atomic mass is 10.0. The third-order valence-electron chi connectivity index (χ3n) is 3.88. The van der Waals surface area contributed by atoms with E-state index < -0.39 is 0 Å². The molecule has 0 saturated carbocycles. The Kier molecular flexibility index (Phi) is 5.44. The highest BCUT2D eigenvalue weighted by Crippen LogP contribution is 2.22. The summed E-state index contributed by atoms with van der Waals surface area (Å²) in [6, 6.07) is 15.5. The van der Waals surface area contributed by atoms with Crippen molar-refractivity contribution in [2.45, 2.75) is 47.1 Å². The Hall–Kier alpha value is -1.76. The molecule has 2 aromatic rings. The molecule has 0 fully saturated rings. The highest BCUT2D eigenvalue weighted by molar-refractivity contribution is 5.57. The number of hydrogen-bond acceptors (Lipinski definition) is 1. The summed E-state index contributed by atoms with van der Waals surface area (Å²) in [6.45, 7) is 9.80. The first-order valence-corrected chi connectivity index (χ1v) is 8.00. The van der Waals surface area contributed by atoms with Crippen LogP contribution in [0, 0.1) is 12.8 Å². The van der Waals surface area contributed by atoms with Gasteiger partial charge in [-0.2, -0.15) is 0 Å². The first kappa shape index (κ1) is 15.6. The van der Waals surface area contributed by atoms with Crippen LogP contribution in [-0.4, -0.2) is 0 Å². The Morgan fingerprint density at radius 3 is 2.24 bits per heavy atom. The summed E-state index contributed by atoms with van der Waals surface area (Å²) in [5.41, 5.74) is 6.79. The van der Waals surface area contributed by atoms with Crippen LogP contribution in [0.25, 0.3) is 0 Å². The second kappa shape index (κ2) is 7.31. The van der Waals surface area contributed by atoms with Gasteiger partial charge in [0, 0.05) is 12.2 Å². The predicted octanol–water partition coefficient (Wildman–Crippen LogP) is 5.37. The van der Waals surface area contributed by atoms with Gasteiger partial charge in [-0.25, -0.2) is 0 Å². The van der Waals surface area contributed by atoms with Crippen molar-refractivity contribution in [2.75, 3.05) is 5.32 Å². The molecule has 0 spiro atoms. The Bertz CT molecular complexity index is 567. The Labute approximate surface area is 129 Å². The van der Waals surface area contributed by atoms with Crippen LogP contribution in [0.5, 0.6) is 0 Å². The van der Waals surface area contributed by atoms with Gasteiger partial charge >= 0.3 is 0 Å². The van der Waals surface area contributed by atoms with Crippen molar-refractivity contribution in [3.63, 3.8) is 0 Å². The molecule has 0 radical (unpaired) electrons. The predicted molar refractivity (Wildman–Crippen MR) is 92.9 cm³/mol. The van der Waals surface area contributed by atoms with Crippen molar-refractivity contribution in [3.8, 4) is 0 Å². The van der Waals surface area contributed by atoms with E-state index >= 15 is 0 Å². The van der Waals surface area contributed by atoms with Gasteiger partial charge in [0.25, 0.3) is 0 Å². The molecule has 0 aliphatic carbocycles. The maximum absolute atomic E-state index is 3.61. The van der Waals surface area contributed by atoms with Gasteiger partial charge < -0.3 is 5.32 Å². The zero-order chi connectivity index (χ0) is 15.2. The lowest BCUT2D eigenvalue weighted by molar-refractivity contribution is 0.647. The molecule has 2 rings (SSSR count). The second-order valence-corrected chi connectivity index (χ2v) is 6.23. The van der Waals surface area contributed by atoms with Crippen LogP contribution in [0.2, 0.25) is 0 Å². The third kappa shape index (κ3) is 4.35.